The summed E-state index contributed by atoms with van der Waals surface area (Å²) in [5, 5.41) is 21.8. The first kappa shape index (κ1) is 20.2. The number of benzene rings is 4. The third-order valence-electron chi connectivity index (χ3n) is 5.75. The summed E-state index contributed by atoms with van der Waals surface area (Å²) in [4.78, 5) is 0. The van der Waals surface area contributed by atoms with Gasteiger partial charge in [0.2, 0.25) is 0 Å². The molecule has 0 N–H and O–H groups in total. The summed E-state index contributed by atoms with van der Waals surface area (Å²) in [5.41, 5.74) is 4.21. The molecule has 0 saturated heterocycles. The first-order chi connectivity index (χ1) is 15.2. The van der Waals surface area contributed by atoms with Crippen LogP contribution in [0.4, 0.5) is 0 Å². The molecule has 0 fully saturated rings. The smallest absolute Gasteiger partial charge is 0.118 e. The number of rotatable bonds is 6. The van der Waals surface area contributed by atoms with E-state index in [9.17, 15) is 10.5 Å². The van der Waals surface area contributed by atoms with Crippen LogP contribution in [-0.4, -0.2) is 7.11 Å². The molecular formula is C28H22N2O. The van der Waals surface area contributed by atoms with E-state index in [1.165, 1.54) is 5.56 Å². The maximum absolute atomic E-state index is 10.0. The first-order valence-corrected chi connectivity index (χ1v) is 10.3. The predicted octanol–water partition coefficient (Wildman–Crippen LogP) is 6.36. The molecule has 0 heterocycles. The Morgan fingerprint density at radius 3 is 2.23 bits per heavy atom. The number of methoxy groups -OCH3 is 1. The van der Waals surface area contributed by atoms with Gasteiger partial charge in [0.1, 0.15) is 17.9 Å². The van der Waals surface area contributed by atoms with Gasteiger partial charge in [0.15, 0.2) is 0 Å². The van der Waals surface area contributed by atoms with Crippen molar-refractivity contribution in [2.24, 2.45) is 0 Å². The lowest BCUT2D eigenvalue weighted by Crippen LogP contribution is -2.08. The van der Waals surface area contributed by atoms with Crippen molar-refractivity contribution < 1.29 is 4.74 Å². The van der Waals surface area contributed by atoms with Crippen LogP contribution >= 0.6 is 0 Å². The van der Waals surface area contributed by atoms with E-state index in [4.69, 9.17) is 4.74 Å². The molecule has 1 unspecified atom stereocenters. The largest absolute Gasteiger partial charge is 0.497 e. The number of ether oxygens (including phenoxy) is 1. The Hall–Kier alpha value is -4.08. The molecule has 0 bridgehead atoms. The molecule has 0 aliphatic heterocycles. The Balaban J connectivity index is 1.85. The molecule has 3 heteroatoms. The van der Waals surface area contributed by atoms with Crippen LogP contribution in [0.2, 0.25) is 0 Å². The number of aryl methyl sites for hydroxylation is 1. The summed E-state index contributed by atoms with van der Waals surface area (Å²) in [6.07, 6.45) is 1.67. The zero-order valence-corrected chi connectivity index (χ0v) is 17.4. The summed E-state index contributed by atoms with van der Waals surface area (Å²) in [7, 11) is 1.66. The Morgan fingerprint density at radius 2 is 1.55 bits per heavy atom. The summed E-state index contributed by atoms with van der Waals surface area (Å²) in [6.45, 7) is 0. The minimum absolute atomic E-state index is 0.00356. The highest BCUT2D eigenvalue weighted by Crippen LogP contribution is 2.38. The third kappa shape index (κ3) is 4.13. The summed E-state index contributed by atoms with van der Waals surface area (Å²) >= 11 is 0. The van der Waals surface area contributed by atoms with Crippen LogP contribution in [0.15, 0.2) is 84.9 Å². The molecule has 0 saturated carbocycles. The molecule has 0 amide bonds. The van der Waals surface area contributed by atoms with Crippen molar-refractivity contribution in [1.82, 2.24) is 0 Å². The van der Waals surface area contributed by atoms with Gasteiger partial charge in [-0.2, -0.15) is 10.5 Å². The predicted molar refractivity (Wildman–Crippen MR) is 123 cm³/mol. The molecule has 3 nitrogen and oxygen atoms in total. The summed E-state index contributed by atoms with van der Waals surface area (Å²) in [5.74, 6) is 0.832. The van der Waals surface area contributed by atoms with Crippen LogP contribution in [0.25, 0.3) is 10.8 Å². The molecule has 150 valence electrons. The Bertz CT molecular complexity index is 1280. The van der Waals surface area contributed by atoms with Crippen molar-refractivity contribution in [3.63, 3.8) is 0 Å². The second-order valence-electron chi connectivity index (χ2n) is 7.51. The highest BCUT2D eigenvalue weighted by atomic mass is 16.5. The second kappa shape index (κ2) is 9.16. The van der Waals surface area contributed by atoms with Crippen LogP contribution in [0.1, 0.15) is 40.2 Å². The zero-order valence-electron chi connectivity index (χ0n) is 17.4. The number of hydrogen-bond acceptors (Lipinski definition) is 3. The van der Waals surface area contributed by atoms with Crippen molar-refractivity contribution in [3.05, 3.63) is 113 Å². The molecule has 0 spiro atoms. The minimum Gasteiger partial charge on any atom is -0.497 e. The molecular weight excluding hydrogens is 380 g/mol. The van der Waals surface area contributed by atoms with Gasteiger partial charge in [-0.15, -0.1) is 0 Å². The molecule has 31 heavy (non-hydrogen) atoms. The normalized spacial score (nSPS) is 11.5. The lowest BCUT2D eigenvalue weighted by molar-refractivity contribution is 0.414. The fraction of sp³-hybridized carbons (Fsp3) is 0.143. The molecule has 4 rings (SSSR count). The molecule has 1 atom stereocenters. The molecule has 4 aromatic carbocycles. The minimum atomic E-state index is -0.00356. The Kier molecular flexibility index (Phi) is 5.97. The lowest BCUT2D eigenvalue weighted by Gasteiger charge is -2.22. The van der Waals surface area contributed by atoms with Gasteiger partial charge in [-0.05, 0) is 58.5 Å². The topological polar surface area (TPSA) is 56.8 Å². The fourth-order valence-electron chi connectivity index (χ4n) is 4.21. The molecule has 0 aliphatic carbocycles. The van der Waals surface area contributed by atoms with Gasteiger partial charge in [-0.3, -0.25) is 0 Å². The van der Waals surface area contributed by atoms with Gasteiger partial charge >= 0.3 is 0 Å². The lowest BCUT2D eigenvalue weighted by atomic mass is 9.80. The number of nitrogens with zero attached hydrogens (tertiary/aromatic N) is 2. The third-order valence-corrected chi connectivity index (χ3v) is 5.75. The van der Waals surface area contributed by atoms with E-state index in [1.807, 2.05) is 54.6 Å². The van der Waals surface area contributed by atoms with Crippen molar-refractivity contribution in [1.29, 1.82) is 10.5 Å². The second-order valence-corrected chi connectivity index (χ2v) is 7.51. The highest BCUT2D eigenvalue weighted by Gasteiger charge is 2.23. The fourth-order valence-corrected chi connectivity index (χ4v) is 4.21. The summed E-state index contributed by atoms with van der Waals surface area (Å²) in [6, 6.07) is 32.8. The van der Waals surface area contributed by atoms with Crippen molar-refractivity contribution >= 4 is 10.8 Å². The summed E-state index contributed by atoms with van der Waals surface area (Å²) < 4.78 is 5.27. The average Bonchev–Trinajstić information content (AvgIpc) is 2.84. The number of hydrogen-bond donors (Lipinski definition) is 0. The zero-order chi connectivity index (χ0) is 21.6. The molecule has 0 aromatic heterocycles. The van der Waals surface area contributed by atoms with E-state index in [2.05, 4.69) is 42.5 Å². The Labute approximate surface area is 182 Å². The Morgan fingerprint density at radius 1 is 0.839 bits per heavy atom. The maximum Gasteiger partial charge on any atom is 0.118 e. The van der Waals surface area contributed by atoms with Crippen molar-refractivity contribution in [2.45, 2.75) is 18.8 Å². The highest BCUT2D eigenvalue weighted by molar-refractivity contribution is 5.90. The SMILES string of the molecule is COc1ccc(CCC(c2ccccc2)c2c(C#N)c(C#N)cc3ccccc23)cc1. The van der Waals surface area contributed by atoms with Crippen LogP contribution in [0, 0.1) is 22.7 Å². The van der Waals surface area contributed by atoms with Gasteiger partial charge in [-0.1, -0.05) is 66.7 Å². The molecule has 0 radical (unpaired) electrons. The van der Waals surface area contributed by atoms with Gasteiger partial charge in [0.05, 0.1) is 18.2 Å². The van der Waals surface area contributed by atoms with Crippen molar-refractivity contribution in [2.75, 3.05) is 7.11 Å². The van der Waals surface area contributed by atoms with Crippen LogP contribution < -0.4 is 4.74 Å². The monoisotopic (exact) mass is 402 g/mol. The standard InChI is InChI=1S/C28H22N2O/c1-31-24-14-11-20(12-15-24)13-16-26(21-7-3-2-4-8-21)28-25-10-6-5-9-22(25)17-23(18-29)27(28)19-30/h2-12,14-15,17,26H,13,16H2,1H3. The molecule has 0 aliphatic rings. The number of nitriles is 2. The van der Waals surface area contributed by atoms with Gasteiger partial charge < -0.3 is 4.74 Å². The van der Waals surface area contributed by atoms with Crippen LogP contribution in [-0.2, 0) is 6.42 Å². The van der Waals surface area contributed by atoms with E-state index in [-0.39, 0.29) is 5.92 Å². The van der Waals surface area contributed by atoms with Crippen LogP contribution in [0.3, 0.4) is 0 Å². The number of fused-ring (bicyclic) bond motifs is 1. The van der Waals surface area contributed by atoms with E-state index in [1.54, 1.807) is 7.11 Å². The average molecular weight is 402 g/mol. The quantitative estimate of drug-likeness (QED) is 0.377. The first-order valence-electron chi connectivity index (χ1n) is 10.3. The van der Waals surface area contributed by atoms with E-state index in [0.29, 0.717) is 11.1 Å². The van der Waals surface area contributed by atoms with E-state index in [0.717, 1.165) is 40.5 Å². The van der Waals surface area contributed by atoms with E-state index < -0.39 is 0 Å². The van der Waals surface area contributed by atoms with Gasteiger partial charge in [0.25, 0.3) is 0 Å². The van der Waals surface area contributed by atoms with Crippen molar-refractivity contribution in [3.8, 4) is 17.9 Å². The molecule has 4 aromatic rings. The van der Waals surface area contributed by atoms with E-state index >= 15 is 0 Å². The van der Waals surface area contributed by atoms with Crippen LogP contribution in [0.5, 0.6) is 5.75 Å². The van der Waals surface area contributed by atoms with Gasteiger partial charge in [-0.25, -0.2) is 0 Å². The van der Waals surface area contributed by atoms with Gasteiger partial charge in [0, 0.05) is 5.92 Å². The maximum atomic E-state index is 10.0.